The van der Waals surface area contributed by atoms with Gasteiger partial charge in [0, 0.05) is 6.26 Å². The van der Waals surface area contributed by atoms with E-state index in [0.717, 1.165) is 30.5 Å². The van der Waals surface area contributed by atoms with E-state index in [2.05, 4.69) is 4.98 Å². The van der Waals surface area contributed by atoms with E-state index in [1.807, 2.05) is 0 Å². The minimum absolute atomic E-state index is 0.0529. The van der Waals surface area contributed by atoms with Gasteiger partial charge in [0.1, 0.15) is 5.75 Å². The second-order valence-electron chi connectivity index (χ2n) is 4.00. The number of pyridine rings is 1. The topological polar surface area (TPSA) is 56.3 Å². The van der Waals surface area contributed by atoms with Crippen LogP contribution in [0.4, 0.5) is 17.6 Å². The van der Waals surface area contributed by atoms with Gasteiger partial charge in [-0.1, -0.05) is 0 Å². The molecule has 2 rings (SSSR count). The highest BCUT2D eigenvalue weighted by Gasteiger charge is 2.23. The summed E-state index contributed by atoms with van der Waals surface area (Å²) in [4.78, 5) is 2.33. The summed E-state index contributed by atoms with van der Waals surface area (Å²) in [7, 11) is -3.46. The number of nitrogens with zero attached hydrogens (tertiary/aromatic N) is 1. The summed E-state index contributed by atoms with van der Waals surface area (Å²) in [5, 5.41) is 0. The quantitative estimate of drug-likeness (QED) is 0.644. The standard InChI is InChI=1S/C12H7F4NO3S/c1-21(18,19)7-4-2-6(3-5-7)20-10-8(13)11(15)17-12(16)9(10)14/h2-5H,1H3. The number of sulfone groups is 1. The van der Waals surface area contributed by atoms with Crippen molar-refractivity contribution in [3.05, 3.63) is 47.8 Å². The molecule has 1 aromatic heterocycles. The third kappa shape index (κ3) is 3.13. The van der Waals surface area contributed by atoms with Gasteiger partial charge < -0.3 is 4.74 Å². The lowest BCUT2D eigenvalue weighted by atomic mass is 10.3. The number of benzene rings is 1. The molecule has 0 bridgehead atoms. The molecule has 2 aromatic rings. The lowest BCUT2D eigenvalue weighted by Gasteiger charge is -2.08. The van der Waals surface area contributed by atoms with Crippen molar-refractivity contribution in [3.63, 3.8) is 0 Å². The van der Waals surface area contributed by atoms with Gasteiger partial charge in [-0.2, -0.15) is 22.5 Å². The number of halogens is 4. The maximum atomic E-state index is 13.3. The lowest BCUT2D eigenvalue weighted by Crippen LogP contribution is -2.03. The Hall–Kier alpha value is -2.16. The predicted molar refractivity (Wildman–Crippen MR) is 63.7 cm³/mol. The van der Waals surface area contributed by atoms with E-state index in [1.54, 1.807) is 0 Å². The summed E-state index contributed by atoms with van der Waals surface area (Å²) in [5.74, 6) is -8.78. The molecule has 112 valence electrons. The molecular formula is C12H7F4NO3S. The Morgan fingerprint density at radius 1 is 0.952 bits per heavy atom. The molecule has 1 heterocycles. The zero-order valence-electron chi connectivity index (χ0n) is 10.4. The predicted octanol–water partition coefficient (Wildman–Crippen LogP) is 2.83. The molecule has 4 nitrogen and oxygen atoms in total. The molecule has 0 spiro atoms. The van der Waals surface area contributed by atoms with Crippen LogP contribution in [0.2, 0.25) is 0 Å². The van der Waals surface area contributed by atoms with Crippen molar-refractivity contribution in [2.24, 2.45) is 0 Å². The fourth-order valence-electron chi connectivity index (χ4n) is 1.43. The highest BCUT2D eigenvalue weighted by Crippen LogP contribution is 2.30. The molecule has 0 saturated carbocycles. The summed E-state index contributed by atoms with van der Waals surface area (Å²) < 4.78 is 79.6. The highest BCUT2D eigenvalue weighted by atomic mass is 32.2. The molecule has 21 heavy (non-hydrogen) atoms. The second kappa shape index (κ2) is 5.32. The number of aromatic nitrogens is 1. The normalized spacial score (nSPS) is 11.5. The van der Waals surface area contributed by atoms with Crippen LogP contribution in [0.5, 0.6) is 11.5 Å². The maximum Gasteiger partial charge on any atom is 0.255 e. The van der Waals surface area contributed by atoms with Gasteiger partial charge in [-0.25, -0.2) is 8.42 Å². The average molecular weight is 321 g/mol. The van der Waals surface area contributed by atoms with E-state index in [9.17, 15) is 26.0 Å². The van der Waals surface area contributed by atoms with Gasteiger partial charge in [0.05, 0.1) is 4.90 Å². The Balaban J connectivity index is 2.40. The Kier molecular flexibility index (Phi) is 3.86. The Labute approximate surface area is 116 Å². The van der Waals surface area contributed by atoms with E-state index in [1.165, 1.54) is 0 Å². The summed E-state index contributed by atoms with van der Waals surface area (Å²) in [5.41, 5.74) is 0. The van der Waals surface area contributed by atoms with Crippen LogP contribution < -0.4 is 4.74 Å². The van der Waals surface area contributed by atoms with Crippen LogP contribution in [0.3, 0.4) is 0 Å². The van der Waals surface area contributed by atoms with Crippen molar-refractivity contribution in [2.45, 2.75) is 4.90 Å². The first-order valence-electron chi connectivity index (χ1n) is 5.38. The number of ether oxygens (including phenoxy) is 1. The molecule has 0 amide bonds. The van der Waals surface area contributed by atoms with Crippen LogP contribution in [0.25, 0.3) is 0 Å². The van der Waals surface area contributed by atoms with Gasteiger partial charge in [-0.15, -0.1) is 0 Å². The van der Waals surface area contributed by atoms with E-state index >= 15 is 0 Å². The first-order valence-corrected chi connectivity index (χ1v) is 7.27. The zero-order valence-corrected chi connectivity index (χ0v) is 11.2. The minimum atomic E-state index is -3.46. The average Bonchev–Trinajstić information content (AvgIpc) is 2.41. The van der Waals surface area contributed by atoms with Gasteiger partial charge >= 0.3 is 0 Å². The van der Waals surface area contributed by atoms with Gasteiger partial charge in [-0.3, -0.25) is 0 Å². The third-order valence-electron chi connectivity index (χ3n) is 2.43. The van der Waals surface area contributed by atoms with Crippen molar-refractivity contribution in [1.29, 1.82) is 0 Å². The van der Waals surface area contributed by atoms with Gasteiger partial charge in [0.2, 0.25) is 17.4 Å². The molecule has 0 unspecified atom stereocenters. The van der Waals surface area contributed by atoms with Crippen molar-refractivity contribution in [1.82, 2.24) is 4.98 Å². The van der Waals surface area contributed by atoms with Crippen LogP contribution in [0, 0.1) is 23.5 Å². The fourth-order valence-corrected chi connectivity index (χ4v) is 2.06. The molecule has 0 N–H and O–H groups in total. The zero-order chi connectivity index (χ0) is 15.8. The van der Waals surface area contributed by atoms with Gasteiger partial charge in [0.25, 0.3) is 11.9 Å². The minimum Gasteiger partial charge on any atom is -0.451 e. The summed E-state index contributed by atoms with van der Waals surface area (Å²) in [6, 6.07) is 4.42. The number of rotatable bonds is 3. The molecule has 0 atom stereocenters. The largest absolute Gasteiger partial charge is 0.451 e. The van der Waals surface area contributed by atoms with Crippen LogP contribution in [0.1, 0.15) is 0 Å². The molecule has 0 aliphatic heterocycles. The molecule has 0 radical (unpaired) electrons. The van der Waals surface area contributed by atoms with Crippen molar-refractivity contribution in [3.8, 4) is 11.5 Å². The van der Waals surface area contributed by atoms with E-state index in [-0.39, 0.29) is 10.6 Å². The smallest absolute Gasteiger partial charge is 0.255 e. The number of hydrogen-bond acceptors (Lipinski definition) is 4. The summed E-state index contributed by atoms with van der Waals surface area (Å²) >= 11 is 0. The molecule has 0 saturated heterocycles. The summed E-state index contributed by atoms with van der Waals surface area (Å²) in [6.45, 7) is 0. The Bertz CT molecular complexity index is 765. The van der Waals surface area contributed by atoms with Crippen LogP contribution >= 0.6 is 0 Å². The summed E-state index contributed by atoms with van der Waals surface area (Å²) in [6.07, 6.45) is 0.968. The van der Waals surface area contributed by atoms with E-state index in [0.29, 0.717) is 0 Å². The SMILES string of the molecule is CS(=O)(=O)c1ccc(Oc2c(F)c(F)nc(F)c2F)cc1. The van der Waals surface area contributed by atoms with Gasteiger partial charge in [-0.05, 0) is 24.3 Å². The molecule has 9 heteroatoms. The number of hydrogen-bond donors (Lipinski definition) is 0. The molecule has 0 fully saturated rings. The second-order valence-corrected chi connectivity index (χ2v) is 6.01. The Morgan fingerprint density at radius 3 is 1.86 bits per heavy atom. The monoisotopic (exact) mass is 321 g/mol. The first-order chi connectivity index (χ1) is 9.70. The van der Waals surface area contributed by atoms with Gasteiger partial charge in [0.15, 0.2) is 9.84 Å². The maximum absolute atomic E-state index is 13.3. The van der Waals surface area contributed by atoms with Crippen molar-refractivity contribution in [2.75, 3.05) is 6.26 Å². The Morgan fingerprint density at radius 2 is 1.43 bits per heavy atom. The first kappa shape index (κ1) is 15.2. The lowest BCUT2D eigenvalue weighted by molar-refractivity contribution is 0.343. The van der Waals surface area contributed by atoms with Crippen molar-refractivity contribution >= 4 is 9.84 Å². The van der Waals surface area contributed by atoms with Crippen LogP contribution in [0.15, 0.2) is 29.2 Å². The molecule has 0 aliphatic rings. The van der Waals surface area contributed by atoms with Crippen molar-refractivity contribution < 1.29 is 30.7 Å². The molecule has 0 aliphatic carbocycles. The van der Waals surface area contributed by atoms with Crippen LogP contribution in [-0.4, -0.2) is 19.7 Å². The third-order valence-corrected chi connectivity index (χ3v) is 3.56. The van der Waals surface area contributed by atoms with Crippen LogP contribution in [-0.2, 0) is 9.84 Å². The van der Waals surface area contributed by atoms with E-state index < -0.39 is 39.1 Å². The highest BCUT2D eigenvalue weighted by molar-refractivity contribution is 7.90. The molecular weight excluding hydrogens is 314 g/mol. The fraction of sp³-hybridized carbons (Fsp3) is 0.0833. The van der Waals surface area contributed by atoms with E-state index in [4.69, 9.17) is 4.74 Å². The molecule has 1 aromatic carbocycles.